The third-order valence-corrected chi connectivity index (χ3v) is 6.02. The van der Waals surface area contributed by atoms with E-state index in [0.29, 0.717) is 23.8 Å². The van der Waals surface area contributed by atoms with E-state index >= 15 is 0 Å². The van der Waals surface area contributed by atoms with Gasteiger partial charge in [-0.25, -0.2) is 9.50 Å². The average Bonchev–Trinajstić information content (AvgIpc) is 3.40. The maximum absolute atomic E-state index is 13.3. The molecule has 34 heavy (non-hydrogen) atoms. The first-order valence-corrected chi connectivity index (χ1v) is 11.2. The van der Waals surface area contributed by atoms with E-state index in [4.69, 9.17) is 28.2 Å². The smallest absolute Gasteiger partial charge is 0.259 e. The number of nitrogens with zero attached hydrogens (tertiary/aromatic N) is 5. The molecule has 0 aliphatic heterocycles. The Hall–Kier alpha value is -3.95. The first-order chi connectivity index (χ1) is 16.5. The van der Waals surface area contributed by atoms with E-state index in [1.165, 1.54) is 4.52 Å². The highest BCUT2D eigenvalue weighted by Gasteiger charge is 2.24. The molecule has 9 nitrogen and oxygen atoms in total. The van der Waals surface area contributed by atoms with Crippen molar-refractivity contribution in [1.29, 1.82) is 0 Å². The van der Waals surface area contributed by atoms with Crippen LogP contribution in [0.3, 0.4) is 0 Å². The summed E-state index contributed by atoms with van der Waals surface area (Å²) in [7, 11) is 0. The molecule has 1 atom stereocenters. The average molecular weight is 475 g/mol. The van der Waals surface area contributed by atoms with Gasteiger partial charge in [-0.15, -0.1) is 5.10 Å². The number of hydrogen-bond acceptors (Lipinski definition) is 6. The number of fused-ring (bicyclic) bond motifs is 2. The number of nitrogens with one attached hydrogen (secondary N) is 1. The summed E-state index contributed by atoms with van der Waals surface area (Å²) in [5.41, 5.74) is 15.8. The van der Waals surface area contributed by atoms with Crippen LogP contribution in [0.15, 0.2) is 61.1 Å². The Labute approximate surface area is 200 Å². The van der Waals surface area contributed by atoms with Gasteiger partial charge in [-0.2, -0.15) is 5.10 Å². The Bertz CT molecular complexity index is 1510. The zero-order valence-corrected chi connectivity index (χ0v) is 19.2. The SMILES string of the molecule is CC(NC(=O)c1c(N)nn2cccnc12)c1cc(Cl)c2cn(CCN)nc2c1-c1ccccc1. The van der Waals surface area contributed by atoms with E-state index in [9.17, 15) is 4.79 Å². The number of hydrogen-bond donors (Lipinski definition) is 3. The van der Waals surface area contributed by atoms with Gasteiger partial charge < -0.3 is 16.8 Å². The molecule has 1 amide bonds. The lowest BCUT2D eigenvalue weighted by Crippen LogP contribution is -2.27. The van der Waals surface area contributed by atoms with Crippen LogP contribution in [-0.4, -0.2) is 36.8 Å². The molecule has 5 aromatic rings. The zero-order valence-electron chi connectivity index (χ0n) is 18.4. The molecule has 0 spiro atoms. The van der Waals surface area contributed by atoms with Crippen molar-refractivity contribution in [2.75, 3.05) is 12.3 Å². The maximum Gasteiger partial charge on any atom is 0.259 e. The number of nitrogens with two attached hydrogens (primary N) is 2. The summed E-state index contributed by atoms with van der Waals surface area (Å²) in [6.45, 7) is 2.93. The molecule has 0 bridgehead atoms. The second-order valence-electron chi connectivity index (χ2n) is 7.98. The lowest BCUT2D eigenvalue weighted by Gasteiger charge is -2.19. The number of aromatic nitrogens is 5. The molecule has 0 saturated carbocycles. The van der Waals surface area contributed by atoms with Crippen molar-refractivity contribution in [3.63, 3.8) is 0 Å². The van der Waals surface area contributed by atoms with Crippen molar-refractivity contribution in [1.82, 2.24) is 29.7 Å². The number of anilines is 1. The van der Waals surface area contributed by atoms with Crippen LogP contribution in [0.2, 0.25) is 5.02 Å². The molecule has 172 valence electrons. The summed E-state index contributed by atoms with van der Waals surface area (Å²) in [5.74, 6) is -0.261. The van der Waals surface area contributed by atoms with Gasteiger partial charge in [0.25, 0.3) is 5.91 Å². The van der Waals surface area contributed by atoms with Crippen LogP contribution in [0, 0.1) is 0 Å². The highest BCUT2D eigenvalue weighted by molar-refractivity contribution is 6.36. The lowest BCUT2D eigenvalue weighted by molar-refractivity contribution is 0.0942. The van der Waals surface area contributed by atoms with Crippen molar-refractivity contribution in [3.05, 3.63) is 77.2 Å². The molecule has 0 saturated heterocycles. The van der Waals surface area contributed by atoms with Crippen LogP contribution in [0.5, 0.6) is 0 Å². The number of amides is 1. The first-order valence-electron chi connectivity index (χ1n) is 10.8. The van der Waals surface area contributed by atoms with Crippen molar-refractivity contribution < 1.29 is 4.79 Å². The minimum absolute atomic E-state index is 0.112. The van der Waals surface area contributed by atoms with Crippen LogP contribution < -0.4 is 16.8 Å². The van der Waals surface area contributed by atoms with Gasteiger partial charge in [0.05, 0.1) is 17.6 Å². The largest absolute Gasteiger partial charge is 0.381 e. The molecular formula is C24H23ClN8O. The normalized spacial score (nSPS) is 12.3. The third kappa shape index (κ3) is 3.74. The summed E-state index contributed by atoms with van der Waals surface area (Å²) in [5, 5.41) is 13.4. The van der Waals surface area contributed by atoms with Gasteiger partial charge in [0.2, 0.25) is 0 Å². The van der Waals surface area contributed by atoms with Crippen LogP contribution in [0.4, 0.5) is 5.82 Å². The van der Waals surface area contributed by atoms with Gasteiger partial charge in [-0.05, 0) is 30.2 Å². The number of nitrogen functional groups attached to an aromatic ring is 1. The van der Waals surface area contributed by atoms with Crippen LogP contribution in [-0.2, 0) is 6.54 Å². The molecule has 0 aliphatic carbocycles. The minimum atomic E-state index is -0.415. The summed E-state index contributed by atoms with van der Waals surface area (Å²) in [6.07, 6.45) is 5.18. The summed E-state index contributed by atoms with van der Waals surface area (Å²) < 4.78 is 3.28. The summed E-state index contributed by atoms with van der Waals surface area (Å²) in [6, 6.07) is 13.1. The monoisotopic (exact) mass is 474 g/mol. The summed E-state index contributed by atoms with van der Waals surface area (Å²) in [4.78, 5) is 17.5. The number of benzene rings is 2. The standard InChI is InChI=1S/C24H23ClN8O/c1-14(29-24(34)20-22(27)31-33-10-5-9-28-23(20)33)16-12-18(25)17-13-32(11-8-26)30-21(17)19(16)15-6-3-2-4-7-15/h2-7,9-10,12-14H,8,11,26H2,1H3,(H2,27,31)(H,29,34). The Kier molecular flexibility index (Phi) is 5.64. The predicted molar refractivity (Wildman–Crippen MR) is 133 cm³/mol. The second kappa shape index (κ2) is 8.77. The van der Waals surface area contributed by atoms with E-state index in [-0.39, 0.29) is 17.3 Å². The second-order valence-corrected chi connectivity index (χ2v) is 8.38. The quantitative estimate of drug-likeness (QED) is 0.345. The van der Waals surface area contributed by atoms with Gasteiger partial charge in [-0.3, -0.25) is 9.48 Å². The van der Waals surface area contributed by atoms with Crippen LogP contribution in [0.25, 0.3) is 27.7 Å². The molecule has 3 heterocycles. The maximum atomic E-state index is 13.3. The minimum Gasteiger partial charge on any atom is -0.381 e. The Morgan fingerprint density at radius 2 is 2.00 bits per heavy atom. The molecule has 0 aliphatic rings. The van der Waals surface area contributed by atoms with Crippen molar-refractivity contribution in [2.24, 2.45) is 5.73 Å². The topological polar surface area (TPSA) is 129 Å². The highest BCUT2D eigenvalue weighted by Crippen LogP contribution is 2.38. The highest BCUT2D eigenvalue weighted by atomic mass is 35.5. The molecule has 5 N–H and O–H groups in total. The molecule has 10 heteroatoms. The van der Waals surface area contributed by atoms with Gasteiger partial charge >= 0.3 is 0 Å². The fourth-order valence-electron chi connectivity index (χ4n) is 4.17. The molecule has 5 rings (SSSR count). The first kappa shape index (κ1) is 21.9. The van der Waals surface area contributed by atoms with Crippen molar-refractivity contribution in [2.45, 2.75) is 19.5 Å². The Morgan fingerprint density at radius 1 is 1.21 bits per heavy atom. The Balaban J connectivity index is 1.61. The van der Waals surface area contributed by atoms with E-state index < -0.39 is 6.04 Å². The van der Waals surface area contributed by atoms with Crippen LogP contribution >= 0.6 is 11.6 Å². The van der Waals surface area contributed by atoms with Crippen LogP contribution in [0.1, 0.15) is 28.9 Å². The summed E-state index contributed by atoms with van der Waals surface area (Å²) >= 11 is 6.68. The Morgan fingerprint density at radius 3 is 2.76 bits per heavy atom. The van der Waals surface area contributed by atoms with E-state index in [0.717, 1.165) is 27.6 Å². The molecule has 3 aromatic heterocycles. The van der Waals surface area contributed by atoms with Gasteiger partial charge in [0.1, 0.15) is 11.1 Å². The fourth-order valence-corrected chi connectivity index (χ4v) is 4.42. The predicted octanol–water partition coefficient (Wildman–Crippen LogP) is 3.43. The molecule has 0 radical (unpaired) electrons. The van der Waals surface area contributed by atoms with E-state index in [2.05, 4.69) is 15.4 Å². The number of carbonyl (C=O) groups is 1. The van der Waals surface area contributed by atoms with Gasteiger partial charge in [-0.1, -0.05) is 41.9 Å². The molecule has 0 fully saturated rings. The van der Waals surface area contributed by atoms with Crippen molar-refractivity contribution in [3.8, 4) is 11.1 Å². The van der Waals surface area contributed by atoms with Gasteiger partial charge in [0.15, 0.2) is 11.5 Å². The van der Waals surface area contributed by atoms with E-state index in [1.807, 2.05) is 49.5 Å². The zero-order chi connectivity index (χ0) is 23.8. The lowest BCUT2D eigenvalue weighted by atomic mass is 9.93. The molecular weight excluding hydrogens is 452 g/mol. The molecule has 1 unspecified atom stereocenters. The van der Waals surface area contributed by atoms with Crippen molar-refractivity contribution >= 4 is 39.9 Å². The molecule has 2 aromatic carbocycles. The van der Waals surface area contributed by atoms with Gasteiger partial charge in [0, 0.05) is 36.1 Å². The van der Waals surface area contributed by atoms with E-state index in [1.54, 1.807) is 23.1 Å². The number of rotatable bonds is 6. The third-order valence-electron chi connectivity index (χ3n) is 5.71. The number of halogens is 1. The number of carbonyl (C=O) groups excluding carboxylic acids is 1. The fraction of sp³-hybridized carbons (Fsp3) is 0.167.